The Morgan fingerprint density at radius 3 is 2.60 bits per heavy atom. The molecule has 25 heavy (non-hydrogen) atoms. The van der Waals surface area contributed by atoms with Gasteiger partial charge in [-0.15, -0.1) is 0 Å². The summed E-state index contributed by atoms with van der Waals surface area (Å²) < 4.78 is 14.0. The highest BCUT2D eigenvalue weighted by atomic mass is 19.1. The van der Waals surface area contributed by atoms with E-state index in [9.17, 15) is 14.3 Å². The maximum absolute atomic E-state index is 14.0. The van der Waals surface area contributed by atoms with E-state index in [-0.39, 0.29) is 18.9 Å². The van der Waals surface area contributed by atoms with Crippen LogP contribution in [0.15, 0.2) is 42.7 Å². The van der Waals surface area contributed by atoms with Crippen LogP contribution in [0.25, 0.3) is 0 Å². The van der Waals surface area contributed by atoms with Crippen LogP contribution >= 0.6 is 0 Å². The maximum atomic E-state index is 14.0. The molecular weight excluding hydrogens is 323 g/mol. The first-order chi connectivity index (χ1) is 12.0. The van der Waals surface area contributed by atoms with Crippen molar-refractivity contribution in [1.29, 1.82) is 0 Å². The quantitative estimate of drug-likeness (QED) is 0.715. The molecule has 2 rings (SSSR count). The first kappa shape index (κ1) is 18.8. The number of carbonyl (C=O) groups is 1. The van der Waals surface area contributed by atoms with Crippen LogP contribution in [0.1, 0.15) is 22.8 Å². The van der Waals surface area contributed by atoms with Crippen LogP contribution in [0.3, 0.4) is 0 Å². The third-order valence-corrected chi connectivity index (χ3v) is 3.60. The van der Waals surface area contributed by atoms with E-state index in [0.717, 1.165) is 0 Å². The van der Waals surface area contributed by atoms with E-state index in [2.05, 4.69) is 15.6 Å². The van der Waals surface area contributed by atoms with Crippen molar-refractivity contribution in [3.63, 3.8) is 0 Å². The molecule has 134 valence electrons. The number of hydrogen-bond donors (Lipinski definition) is 3. The highest BCUT2D eigenvalue weighted by Gasteiger charge is 2.10. The van der Waals surface area contributed by atoms with Gasteiger partial charge in [-0.2, -0.15) is 0 Å². The van der Waals surface area contributed by atoms with E-state index in [1.54, 1.807) is 36.7 Å². The number of aromatic nitrogens is 1. The molecule has 1 atom stereocenters. The highest BCUT2D eigenvalue weighted by Crippen LogP contribution is 2.12. The van der Waals surface area contributed by atoms with Gasteiger partial charge in [0.2, 0.25) is 0 Å². The minimum atomic E-state index is -0.809. The average molecular weight is 346 g/mol. The summed E-state index contributed by atoms with van der Waals surface area (Å²) in [6, 6.07) is 7.87. The Labute approximate surface area is 146 Å². The molecule has 0 spiro atoms. The molecule has 1 unspecified atom stereocenters. The summed E-state index contributed by atoms with van der Waals surface area (Å²) >= 11 is 0. The normalized spacial score (nSPS) is 12.0. The zero-order valence-electron chi connectivity index (χ0n) is 14.4. The summed E-state index contributed by atoms with van der Waals surface area (Å²) in [6.45, 7) is 0.801. The van der Waals surface area contributed by atoms with Crippen LogP contribution in [-0.4, -0.2) is 41.7 Å². The van der Waals surface area contributed by atoms with Gasteiger partial charge < -0.3 is 20.6 Å². The minimum absolute atomic E-state index is 0.0754. The fraction of sp³-hybridized carbons (Fsp3) is 0.333. The zero-order valence-corrected chi connectivity index (χ0v) is 14.4. The summed E-state index contributed by atoms with van der Waals surface area (Å²) in [5.41, 5.74) is 1.96. The summed E-state index contributed by atoms with van der Waals surface area (Å²) in [5, 5.41) is 15.2. The average Bonchev–Trinajstić information content (AvgIpc) is 2.60. The lowest BCUT2D eigenvalue weighted by Gasteiger charge is -2.14. The number of urea groups is 1. The number of halogens is 1. The van der Waals surface area contributed by atoms with E-state index < -0.39 is 12.1 Å². The van der Waals surface area contributed by atoms with Gasteiger partial charge in [0.1, 0.15) is 5.82 Å². The molecule has 0 saturated heterocycles. The first-order valence-corrected chi connectivity index (χ1v) is 7.97. The molecule has 1 heterocycles. The number of amides is 2. The Balaban J connectivity index is 1.79. The molecule has 7 heteroatoms. The Morgan fingerprint density at radius 2 is 1.96 bits per heavy atom. The van der Waals surface area contributed by atoms with Gasteiger partial charge in [0.25, 0.3) is 0 Å². The molecule has 1 aromatic heterocycles. The lowest BCUT2D eigenvalue weighted by atomic mass is 10.1. The van der Waals surface area contributed by atoms with Gasteiger partial charge in [0.15, 0.2) is 0 Å². The van der Waals surface area contributed by atoms with E-state index >= 15 is 0 Å². The monoisotopic (exact) mass is 346 g/mol. The highest BCUT2D eigenvalue weighted by molar-refractivity contribution is 5.73. The summed E-state index contributed by atoms with van der Waals surface area (Å²) in [6.07, 6.45) is 2.34. The van der Waals surface area contributed by atoms with Gasteiger partial charge in [-0.25, -0.2) is 9.18 Å². The molecule has 0 saturated carbocycles. The number of benzene rings is 1. The number of rotatable bonds is 7. The maximum Gasteiger partial charge on any atom is 0.315 e. The van der Waals surface area contributed by atoms with Crippen molar-refractivity contribution in [2.75, 3.05) is 20.6 Å². The second kappa shape index (κ2) is 9.10. The lowest BCUT2D eigenvalue weighted by Crippen LogP contribution is -2.37. The topological polar surface area (TPSA) is 77.5 Å². The second-order valence-electron chi connectivity index (χ2n) is 6.02. The summed E-state index contributed by atoms with van der Waals surface area (Å²) in [5.74, 6) is -0.290. The van der Waals surface area contributed by atoms with E-state index in [1.807, 2.05) is 19.0 Å². The summed E-state index contributed by atoms with van der Waals surface area (Å²) in [7, 11) is 3.75. The molecule has 0 fully saturated rings. The van der Waals surface area contributed by atoms with Crippen molar-refractivity contribution in [1.82, 2.24) is 20.5 Å². The minimum Gasteiger partial charge on any atom is -0.387 e. The van der Waals surface area contributed by atoms with E-state index in [4.69, 9.17) is 0 Å². The molecule has 3 N–H and O–H groups in total. The first-order valence-electron chi connectivity index (χ1n) is 7.97. The Hall–Kier alpha value is -2.51. The molecule has 0 radical (unpaired) electrons. The van der Waals surface area contributed by atoms with Crippen LogP contribution in [0.2, 0.25) is 0 Å². The molecule has 2 amide bonds. The smallest absolute Gasteiger partial charge is 0.315 e. The van der Waals surface area contributed by atoms with Crippen LogP contribution in [0.5, 0.6) is 0 Å². The Morgan fingerprint density at radius 1 is 1.24 bits per heavy atom. The van der Waals surface area contributed by atoms with Crippen LogP contribution in [-0.2, 0) is 13.1 Å². The molecule has 0 aliphatic rings. The summed E-state index contributed by atoms with van der Waals surface area (Å²) in [4.78, 5) is 17.6. The number of nitrogens with zero attached hydrogens (tertiary/aromatic N) is 2. The molecule has 6 nitrogen and oxygen atoms in total. The number of pyridine rings is 1. The van der Waals surface area contributed by atoms with Gasteiger partial charge in [0, 0.05) is 37.6 Å². The van der Waals surface area contributed by atoms with E-state index in [1.165, 1.54) is 6.07 Å². The van der Waals surface area contributed by atoms with Gasteiger partial charge in [-0.3, -0.25) is 4.98 Å². The molecule has 0 aliphatic heterocycles. The van der Waals surface area contributed by atoms with Gasteiger partial charge in [-0.05, 0) is 43.4 Å². The third-order valence-electron chi connectivity index (χ3n) is 3.60. The van der Waals surface area contributed by atoms with Gasteiger partial charge in [0.05, 0.1) is 6.10 Å². The zero-order chi connectivity index (χ0) is 18.2. The third kappa shape index (κ3) is 6.13. The SMILES string of the molecule is CN(C)Cc1ccc(CNC(=O)NCC(O)c2ccncc2)cc1F. The van der Waals surface area contributed by atoms with Crippen molar-refractivity contribution in [3.8, 4) is 0 Å². The molecule has 2 aromatic rings. The Kier molecular flexibility index (Phi) is 6.85. The number of aliphatic hydroxyl groups excluding tert-OH is 1. The van der Waals surface area contributed by atoms with Crippen molar-refractivity contribution >= 4 is 6.03 Å². The van der Waals surface area contributed by atoms with Gasteiger partial charge in [-0.1, -0.05) is 12.1 Å². The van der Waals surface area contributed by atoms with Gasteiger partial charge >= 0.3 is 6.03 Å². The molecule has 0 bridgehead atoms. The number of nitrogens with one attached hydrogen (secondary N) is 2. The number of hydrogen-bond acceptors (Lipinski definition) is 4. The predicted molar refractivity (Wildman–Crippen MR) is 93.2 cm³/mol. The molecular formula is C18H23FN4O2. The van der Waals surface area contributed by atoms with Crippen LogP contribution < -0.4 is 10.6 Å². The fourth-order valence-electron chi connectivity index (χ4n) is 2.31. The number of aliphatic hydroxyl groups is 1. The lowest BCUT2D eigenvalue weighted by molar-refractivity contribution is 0.173. The molecule has 1 aromatic carbocycles. The van der Waals surface area contributed by atoms with Crippen molar-refractivity contribution in [3.05, 3.63) is 65.2 Å². The van der Waals surface area contributed by atoms with Crippen molar-refractivity contribution in [2.24, 2.45) is 0 Å². The van der Waals surface area contributed by atoms with Crippen molar-refractivity contribution in [2.45, 2.75) is 19.2 Å². The largest absolute Gasteiger partial charge is 0.387 e. The standard InChI is InChI=1S/C18H23FN4O2/c1-23(2)12-15-4-3-13(9-16(15)19)10-21-18(25)22-11-17(24)14-5-7-20-8-6-14/h3-9,17,24H,10-12H2,1-2H3,(H2,21,22,25). The molecule has 0 aliphatic carbocycles. The fourth-order valence-corrected chi connectivity index (χ4v) is 2.31. The Bertz CT molecular complexity index is 695. The van der Waals surface area contributed by atoms with E-state index in [0.29, 0.717) is 23.2 Å². The second-order valence-corrected chi connectivity index (χ2v) is 6.02. The van der Waals surface area contributed by atoms with Crippen LogP contribution in [0, 0.1) is 5.82 Å². The predicted octanol–water partition coefficient (Wildman–Crippen LogP) is 1.82. The number of carbonyl (C=O) groups excluding carboxylic acids is 1. The van der Waals surface area contributed by atoms with Crippen molar-refractivity contribution < 1.29 is 14.3 Å². The van der Waals surface area contributed by atoms with Crippen LogP contribution in [0.4, 0.5) is 9.18 Å².